The molecule has 5 nitrogen and oxygen atoms in total. The number of rotatable bonds is 8. The van der Waals surface area contributed by atoms with Crippen molar-refractivity contribution < 1.29 is 9.59 Å². The lowest BCUT2D eigenvalue weighted by Crippen LogP contribution is -2.50. The van der Waals surface area contributed by atoms with Crippen LogP contribution in [0.2, 0.25) is 0 Å². The van der Waals surface area contributed by atoms with Crippen molar-refractivity contribution in [3.05, 3.63) is 34.9 Å². The van der Waals surface area contributed by atoms with Crippen LogP contribution < -0.4 is 16.0 Å². The molecule has 0 unspecified atom stereocenters. The van der Waals surface area contributed by atoms with Gasteiger partial charge >= 0.3 is 6.03 Å². The van der Waals surface area contributed by atoms with E-state index in [1.54, 1.807) is 0 Å². The topological polar surface area (TPSA) is 70.2 Å². The molecule has 1 aromatic rings. The highest BCUT2D eigenvalue weighted by Gasteiger charge is 2.22. The minimum absolute atomic E-state index is 0.0995. The summed E-state index contributed by atoms with van der Waals surface area (Å²) in [7, 11) is 0. The van der Waals surface area contributed by atoms with Gasteiger partial charge in [0, 0.05) is 6.54 Å². The van der Waals surface area contributed by atoms with Gasteiger partial charge in [-0.3, -0.25) is 4.79 Å². The summed E-state index contributed by atoms with van der Waals surface area (Å²) in [6.07, 6.45) is 2.51. The summed E-state index contributed by atoms with van der Waals surface area (Å²) in [5.41, 5.74) is 3.42. The Bertz CT molecular complexity index is 558. The summed E-state index contributed by atoms with van der Waals surface area (Å²) in [4.78, 5) is 24.4. The number of hydrogen-bond donors (Lipinski definition) is 3. The van der Waals surface area contributed by atoms with E-state index >= 15 is 0 Å². The third-order valence-electron chi connectivity index (χ3n) is 4.07. The van der Waals surface area contributed by atoms with Crippen molar-refractivity contribution in [2.45, 2.75) is 66.0 Å². The zero-order valence-electron chi connectivity index (χ0n) is 15.5. The first-order valence-electron chi connectivity index (χ1n) is 8.80. The second-order valence-electron chi connectivity index (χ2n) is 6.29. The van der Waals surface area contributed by atoms with Gasteiger partial charge in [0.05, 0.1) is 6.04 Å². The zero-order chi connectivity index (χ0) is 18.1. The van der Waals surface area contributed by atoms with Gasteiger partial charge in [0.15, 0.2) is 0 Å². The molecule has 1 rings (SSSR count). The van der Waals surface area contributed by atoms with Crippen LogP contribution in [0.25, 0.3) is 0 Å². The molecular weight excluding hydrogens is 302 g/mol. The molecule has 3 amide bonds. The fraction of sp³-hybridized carbons (Fsp3) is 0.579. The molecule has 0 bridgehead atoms. The molecule has 0 fully saturated rings. The third kappa shape index (κ3) is 6.22. The second kappa shape index (κ2) is 9.96. The summed E-state index contributed by atoms with van der Waals surface area (Å²) in [5.74, 6) is -0.136. The minimum atomic E-state index is -0.510. The molecule has 0 saturated heterocycles. The van der Waals surface area contributed by atoms with E-state index in [1.165, 1.54) is 5.56 Å². The number of amides is 3. The predicted molar refractivity (Wildman–Crippen MR) is 98.0 cm³/mol. The van der Waals surface area contributed by atoms with Crippen LogP contribution in [0.5, 0.6) is 0 Å². The average Bonchev–Trinajstić information content (AvgIpc) is 2.53. The normalized spacial score (nSPS) is 13.0. The van der Waals surface area contributed by atoms with Crippen LogP contribution in [0.15, 0.2) is 18.2 Å². The number of hydrogen-bond acceptors (Lipinski definition) is 2. The number of unbranched alkanes of at least 4 members (excludes halogenated alkanes) is 1. The van der Waals surface area contributed by atoms with Crippen molar-refractivity contribution in [3.8, 4) is 0 Å². The van der Waals surface area contributed by atoms with Crippen molar-refractivity contribution in [1.29, 1.82) is 0 Å². The van der Waals surface area contributed by atoms with E-state index in [9.17, 15) is 9.59 Å². The Labute approximate surface area is 145 Å². The van der Waals surface area contributed by atoms with E-state index in [2.05, 4.69) is 41.1 Å². The molecule has 0 aliphatic rings. The van der Waals surface area contributed by atoms with E-state index in [-0.39, 0.29) is 18.0 Å². The molecule has 2 atom stereocenters. The molecule has 0 heterocycles. The van der Waals surface area contributed by atoms with Gasteiger partial charge in [-0.2, -0.15) is 0 Å². The highest BCUT2D eigenvalue weighted by Crippen LogP contribution is 2.19. The number of carbonyl (C=O) groups is 2. The summed E-state index contributed by atoms with van der Waals surface area (Å²) in [5, 5.41) is 8.49. The first-order chi connectivity index (χ1) is 11.4. The molecule has 0 radical (unpaired) electrons. The number of benzene rings is 1. The van der Waals surface area contributed by atoms with E-state index in [4.69, 9.17) is 0 Å². The average molecular weight is 333 g/mol. The first kappa shape index (κ1) is 20.0. The molecule has 134 valence electrons. The van der Waals surface area contributed by atoms with Crippen molar-refractivity contribution in [2.75, 3.05) is 6.54 Å². The van der Waals surface area contributed by atoms with Crippen LogP contribution >= 0.6 is 0 Å². The highest BCUT2D eigenvalue weighted by atomic mass is 16.2. The fourth-order valence-electron chi connectivity index (χ4n) is 2.67. The van der Waals surface area contributed by atoms with Crippen molar-refractivity contribution >= 4 is 11.9 Å². The van der Waals surface area contributed by atoms with Crippen molar-refractivity contribution in [3.63, 3.8) is 0 Å². The van der Waals surface area contributed by atoms with E-state index in [1.807, 2.05) is 27.7 Å². The van der Waals surface area contributed by atoms with Gasteiger partial charge in [-0.05, 0) is 45.2 Å². The van der Waals surface area contributed by atoms with Gasteiger partial charge in [0.25, 0.3) is 0 Å². The lowest BCUT2D eigenvalue weighted by atomic mass is 9.99. The van der Waals surface area contributed by atoms with Crippen LogP contribution in [0.1, 0.15) is 62.8 Å². The summed E-state index contributed by atoms with van der Waals surface area (Å²) >= 11 is 0. The van der Waals surface area contributed by atoms with Gasteiger partial charge in [-0.15, -0.1) is 0 Å². The Balaban J connectivity index is 2.78. The minimum Gasteiger partial charge on any atom is -0.348 e. The highest BCUT2D eigenvalue weighted by molar-refractivity contribution is 5.87. The molecule has 1 aromatic carbocycles. The number of nitrogens with one attached hydrogen (secondary N) is 3. The fourth-order valence-corrected chi connectivity index (χ4v) is 2.67. The monoisotopic (exact) mass is 333 g/mol. The van der Waals surface area contributed by atoms with Crippen LogP contribution in [-0.2, 0) is 4.79 Å². The molecule has 0 aliphatic carbocycles. The largest absolute Gasteiger partial charge is 0.348 e. The summed E-state index contributed by atoms with van der Waals surface area (Å²) in [6, 6.07) is 5.32. The quantitative estimate of drug-likeness (QED) is 0.683. The van der Waals surface area contributed by atoms with Crippen LogP contribution in [0.4, 0.5) is 4.79 Å². The van der Waals surface area contributed by atoms with Gasteiger partial charge in [0.1, 0.15) is 6.04 Å². The maximum Gasteiger partial charge on any atom is 0.315 e. The molecule has 0 aliphatic heterocycles. The lowest BCUT2D eigenvalue weighted by Gasteiger charge is -2.23. The Kier molecular flexibility index (Phi) is 8.30. The molecule has 3 N–H and O–H groups in total. The molecular formula is C19H31N3O2. The molecule has 0 aromatic heterocycles. The molecule has 0 spiro atoms. The maximum absolute atomic E-state index is 12.6. The van der Waals surface area contributed by atoms with Gasteiger partial charge < -0.3 is 16.0 Å². The van der Waals surface area contributed by atoms with E-state index in [0.717, 1.165) is 24.0 Å². The molecule has 5 heteroatoms. The van der Waals surface area contributed by atoms with Crippen LogP contribution in [0, 0.1) is 13.8 Å². The maximum atomic E-state index is 12.6. The Morgan fingerprint density at radius 2 is 1.83 bits per heavy atom. The number of carbonyl (C=O) groups excluding carboxylic acids is 2. The predicted octanol–water partition coefficient (Wildman–Crippen LogP) is 3.36. The van der Waals surface area contributed by atoms with Crippen LogP contribution in [-0.4, -0.2) is 24.5 Å². The zero-order valence-corrected chi connectivity index (χ0v) is 15.5. The first-order valence-corrected chi connectivity index (χ1v) is 8.80. The Hall–Kier alpha value is -2.04. The van der Waals surface area contributed by atoms with Crippen molar-refractivity contribution in [1.82, 2.24) is 16.0 Å². The Morgan fingerprint density at radius 3 is 2.46 bits per heavy atom. The molecule has 0 saturated carbocycles. The van der Waals surface area contributed by atoms with Crippen LogP contribution in [0.3, 0.4) is 0 Å². The number of urea groups is 1. The number of aryl methyl sites for hydroxylation is 2. The van der Waals surface area contributed by atoms with Gasteiger partial charge in [-0.1, -0.05) is 43.5 Å². The summed E-state index contributed by atoms with van der Waals surface area (Å²) in [6.45, 7) is 10.5. The van der Waals surface area contributed by atoms with Gasteiger partial charge in [0.2, 0.25) is 5.91 Å². The Morgan fingerprint density at radius 1 is 1.12 bits per heavy atom. The van der Waals surface area contributed by atoms with Crippen molar-refractivity contribution in [2.24, 2.45) is 0 Å². The SMILES string of the molecule is CCCC[C@@H](NC(=O)NCC)C(=O)N[C@H](C)c1cc(C)ccc1C. The van der Waals surface area contributed by atoms with Gasteiger partial charge in [-0.25, -0.2) is 4.79 Å². The second-order valence-corrected chi connectivity index (χ2v) is 6.29. The van der Waals surface area contributed by atoms with E-state index < -0.39 is 6.04 Å². The summed E-state index contributed by atoms with van der Waals surface area (Å²) < 4.78 is 0. The standard InChI is InChI=1S/C19H31N3O2/c1-6-8-9-17(22-19(24)20-7-2)18(23)21-15(5)16-12-13(3)10-11-14(16)4/h10-12,15,17H,6-9H2,1-5H3,(H,21,23)(H2,20,22,24)/t15-,17-/m1/s1. The third-order valence-corrected chi connectivity index (χ3v) is 4.07. The lowest BCUT2D eigenvalue weighted by molar-refractivity contribution is -0.123. The molecule has 24 heavy (non-hydrogen) atoms. The van der Waals surface area contributed by atoms with E-state index in [0.29, 0.717) is 13.0 Å². The smallest absolute Gasteiger partial charge is 0.315 e.